The first-order chi connectivity index (χ1) is 15.3. The first kappa shape index (κ1) is 24.8. The van der Waals surface area contributed by atoms with E-state index in [0.29, 0.717) is 18.2 Å². The lowest BCUT2D eigenvalue weighted by molar-refractivity contribution is -0.153. The van der Waals surface area contributed by atoms with Crippen LogP contribution in [-0.4, -0.2) is 27.9 Å². The van der Waals surface area contributed by atoms with Crippen LogP contribution in [0.5, 0.6) is 0 Å². The lowest BCUT2D eigenvalue weighted by Crippen LogP contribution is -2.47. The van der Waals surface area contributed by atoms with E-state index in [9.17, 15) is 14.7 Å². The maximum Gasteiger partial charge on any atom is 0.326 e. The number of carbonyl (C=O) groups is 2. The number of hydrogen-bond donors (Lipinski definition) is 1. The van der Waals surface area contributed by atoms with Crippen molar-refractivity contribution in [3.05, 3.63) is 72.4 Å². The van der Waals surface area contributed by atoms with Crippen molar-refractivity contribution < 1.29 is 14.7 Å². The van der Waals surface area contributed by atoms with Crippen molar-refractivity contribution in [3.8, 4) is 0 Å². The number of hydrogen-bond acceptors (Lipinski definition) is 6. The molecule has 0 saturated heterocycles. The zero-order valence-corrected chi connectivity index (χ0v) is 18.9. The SMILES string of the molecule is C=C/C([C]1N=NN=N1)=C(\C=C)c1ccc(CN(C(=O)CCCC)C(C(=O)O)C(C)C)cc1. The van der Waals surface area contributed by atoms with Crippen LogP contribution in [0, 0.1) is 12.1 Å². The fourth-order valence-electron chi connectivity index (χ4n) is 3.54. The lowest BCUT2D eigenvalue weighted by atomic mass is 9.96. The number of carboxylic acids is 1. The van der Waals surface area contributed by atoms with Gasteiger partial charge in [0, 0.05) is 18.5 Å². The number of carbonyl (C=O) groups excluding carboxylic acids is 1. The van der Waals surface area contributed by atoms with Gasteiger partial charge in [0.15, 0.2) is 0 Å². The van der Waals surface area contributed by atoms with Crippen molar-refractivity contribution in [1.29, 1.82) is 0 Å². The number of amides is 1. The number of aliphatic carboxylic acids is 1. The second-order valence-electron chi connectivity index (χ2n) is 7.79. The Hall–Kier alpha value is -3.42. The number of unbranched alkanes of at least 4 members (excludes halogenated alkanes) is 1. The summed E-state index contributed by atoms with van der Waals surface area (Å²) >= 11 is 0. The fraction of sp³-hybridized carbons (Fsp3) is 0.375. The van der Waals surface area contributed by atoms with Gasteiger partial charge < -0.3 is 10.0 Å². The van der Waals surface area contributed by atoms with E-state index in [1.165, 1.54) is 4.90 Å². The zero-order chi connectivity index (χ0) is 23.7. The van der Waals surface area contributed by atoms with Gasteiger partial charge in [-0.3, -0.25) is 4.79 Å². The maximum atomic E-state index is 12.8. The minimum absolute atomic E-state index is 0.147. The van der Waals surface area contributed by atoms with Crippen LogP contribution in [0.15, 0.2) is 75.8 Å². The quantitative estimate of drug-likeness (QED) is 0.421. The summed E-state index contributed by atoms with van der Waals surface area (Å²) in [4.78, 5) is 26.2. The molecule has 1 heterocycles. The summed E-state index contributed by atoms with van der Waals surface area (Å²) in [5.74, 6) is -1.36. The summed E-state index contributed by atoms with van der Waals surface area (Å²) in [5, 5.41) is 24.6. The normalized spacial score (nSPS) is 14.9. The first-order valence-electron chi connectivity index (χ1n) is 10.6. The van der Waals surface area contributed by atoms with Crippen LogP contribution < -0.4 is 0 Å². The molecule has 0 aliphatic carbocycles. The summed E-state index contributed by atoms with van der Waals surface area (Å²) in [6.07, 6.45) is 5.59. The molecule has 0 fully saturated rings. The van der Waals surface area contributed by atoms with Crippen LogP contribution in [0.2, 0.25) is 0 Å². The van der Waals surface area contributed by atoms with Crippen molar-refractivity contribution in [2.45, 2.75) is 52.6 Å². The van der Waals surface area contributed by atoms with Gasteiger partial charge in [-0.25, -0.2) is 4.79 Å². The first-order valence-corrected chi connectivity index (χ1v) is 10.6. The molecular formula is C24H30N5O3. The van der Waals surface area contributed by atoms with E-state index < -0.39 is 12.0 Å². The highest BCUT2D eigenvalue weighted by Crippen LogP contribution is 2.32. The Morgan fingerprint density at radius 3 is 2.12 bits per heavy atom. The van der Waals surface area contributed by atoms with E-state index in [0.717, 1.165) is 29.5 Å². The Labute approximate surface area is 189 Å². The van der Waals surface area contributed by atoms with Gasteiger partial charge in [-0.2, -0.15) is 0 Å². The fourth-order valence-corrected chi connectivity index (χ4v) is 3.54. The van der Waals surface area contributed by atoms with Crippen molar-refractivity contribution in [2.24, 2.45) is 26.6 Å². The van der Waals surface area contributed by atoms with E-state index in [-0.39, 0.29) is 18.4 Å². The van der Waals surface area contributed by atoms with Crippen LogP contribution in [0.3, 0.4) is 0 Å². The highest BCUT2D eigenvalue weighted by molar-refractivity contribution is 5.84. The Balaban J connectivity index is 2.34. The van der Waals surface area contributed by atoms with Gasteiger partial charge in [-0.05, 0) is 39.5 Å². The Morgan fingerprint density at radius 2 is 1.66 bits per heavy atom. The Bertz CT molecular complexity index is 919. The third-order valence-corrected chi connectivity index (χ3v) is 5.16. The van der Waals surface area contributed by atoms with Gasteiger partial charge in [0.2, 0.25) is 5.91 Å². The van der Waals surface area contributed by atoms with E-state index in [1.54, 1.807) is 12.2 Å². The molecule has 1 N–H and O–H groups in total. The molecule has 1 aliphatic heterocycles. The van der Waals surface area contributed by atoms with Crippen LogP contribution in [0.1, 0.15) is 51.2 Å². The van der Waals surface area contributed by atoms with Crippen LogP contribution in [-0.2, 0) is 16.1 Å². The highest BCUT2D eigenvalue weighted by Gasteiger charge is 2.32. The zero-order valence-electron chi connectivity index (χ0n) is 18.9. The summed E-state index contributed by atoms with van der Waals surface area (Å²) in [6, 6.07) is 6.64. The van der Waals surface area contributed by atoms with E-state index in [4.69, 9.17) is 0 Å². The molecule has 0 saturated carbocycles. The third kappa shape index (κ3) is 6.06. The Kier molecular flexibility index (Phi) is 9.19. The summed E-state index contributed by atoms with van der Waals surface area (Å²) < 4.78 is 0. The molecule has 8 heteroatoms. The molecule has 8 nitrogen and oxygen atoms in total. The molecule has 1 atom stereocenters. The molecule has 1 radical (unpaired) electrons. The molecule has 1 amide bonds. The van der Waals surface area contributed by atoms with Gasteiger partial charge in [0.1, 0.15) is 6.04 Å². The molecule has 0 spiro atoms. The van der Waals surface area contributed by atoms with Crippen molar-refractivity contribution in [1.82, 2.24) is 4.90 Å². The standard InChI is InChI=1S/C24H30N5O3/c1-6-9-10-21(30)29(22(16(4)5)24(31)32)15-17-11-13-18(14-12-17)19(7-2)20(8-3)23-25-27-28-26-23/h7-8,11-14,16,22H,2-3,6,9-10,15H2,1,4-5H3,(H,31,32)/b20-19-. The number of nitrogens with zero attached hydrogens (tertiary/aromatic N) is 5. The molecule has 1 aromatic carbocycles. The smallest absolute Gasteiger partial charge is 0.326 e. The van der Waals surface area contributed by atoms with E-state index >= 15 is 0 Å². The van der Waals surface area contributed by atoms with E-state index in [2.05, 4.69) is 33.8 Å². The second kappa shape index (κ2) is 11.8. The van der Waals surface area contributed by atoms with Crippen molar-refractivity contribution in [3.63, 3.8) is 0 Å². The molecule has 1 aliphatic rings. The second-order valence-corrected chi connectivity index (χ2v) is 7.79. The molecule has 1 aromatic rings. The average molecular weight is 437 g/mol. The molecule has 2 rings (SSSR count). The molecule has 169 valence electrons. The van der Waals surface area contributed by atoms with Crippen LogP contribution in [0.4, 0.5) is 0 Å². The predicted octanol–water partition coefficient (Wildman–Crippen LogP) is 5.76. The number of benzene rings is 1. The molecule has 1 unspecified atom stereocenters. The summed E-state index contributed by atoms with van der Waals surface area (Å²) in [7, 11) is 0. The highest BCUT2D eigenvalue weighted by atomic mass is 16.4. The van der Waals surface area contributed by atoms with Crippen molar-refractivity contribution >= 4 is 17.4 Å². The van der Waals surface area contributed by atoms with Gasteiger partial charge >= 0.3 is 5.97 Å². The molecule has 0 aromatic heterocycles. The average Bonchev–Trinajstić information content (AvgIpc) is 3.29. The van der Waals surface area contributed by atoms with Gasteiger partial charge in [-0.1, -0.05) is 76.8 Å². The van der Waals surface area contributed by atoms with E-state index in [1.807, 2.05) is 45.0 Å². The number of carboxylic acid groups (broad SMARTS) is 1. The minimum Gasteiger partial charge on any atom is -0.480 e. The topological polar surface area (TPSA) is 107 Å². The monoisotopic (exact) mass is 436 g/mol. The maximum absolute atomic E-state index is 12.8. The van der Waals surface area contributed by atoms with Gasteiger partial charge in [-0.15, -0.1) is 10.2 Å². The van der Waals surface area contributed by atoms with Gasteiger partial charge in [0.05, 0.1) is 0 Å². The number of rotatable bonds is 12. The molecule has 0 bridgehead atoms. The summed E-state index contributed by atoms with van der Waals surface area (Å²) in [6.45, 7) is 13.6. The van der Waals surface area contributed by atoms with Crippen LogP contribution >= 0.6 is 0 Å². The third-order valence-electron chi connectivity index (χ3n) is 5.16. The molecular weight excluding hydrogens is 406 g/mol. The van der Waals surface area contributed by atoms with Gasteiger partial charge in [0.25, 0.3) is 6.17 Å². The van der Waals surface area contributed by atoms with Crippen LogP contribution in [0.25, 0.3) is 5.57 Å². The van der Waals surface area contributed by atoms with Crippen molar-refractivity contribution in [2.75, 3.05) is 0 Å². The summed E-state index contributed by atoms with van der Waals surface area (Å²) in [5.41, 5.74) is 3.11. The number of allylic oxidation sites excluding steroid dienone is 2. The minimum atomic E-state index is -0.995. The Morgan fingerprint density at radius 1 is 1.06 bits per heavy atom. The lowest BCUT2D eigenvalue weighted by Gasteiger charge is -2.32. The molecule has 32 heavy (non-hydrogen) atoms. The predicted molar refractivity (Wildman–Crippen MR) is 123 cm³/mol. The largest absolute Gasteiger partial charge is 0.480 e.